The number of nitrogen functional groups attached to an aromatic ring is 1. The zero-order valence-corrected chi connectivity index (χ0v) is 23.5. The highest BCUT2D eigenvalue weighted by molar-refractivity contribution is 14.1. The summed E-state index contributed by atoms with van der Waals surface area (Å²) < 4.78 is 40.4. The van der Waals surface area contributed by atoms with Gasteiger partial charge in [-0.2, -0.15) is 9.49 Å². The van der Waals surface area contributed by atoms with Gasteiger partial charge in [-0.15, -0.1) is 0 Å². The van der Waals surface area contributed by atoms with Crippen molar-refractivity contribution in [3.63, 3.8) is 0 Å². The van der Waals surface area contributed by atoms with Gasteiger partial charge in [-0.25, -0.2) is 9.07 Å². The largest absolute Gasteiger partial charge is 0.454 e. The Kier molecular flexibility index (Phi) is 7.17. The molecule has 0 aliphatic carbocycles. The molecule has 9 nitrogen and oxygen atoms in total. The third-order valence-corrected chi connectivity index (χ3v) is 7.62. The van der Waals surface area contributed by atoms with Crippen LogP contribution < -0.4 is 10.5 Å². The highest BCUT2D eigenvalue weighted by atomic mass is 127. The summed E-state index contributed by atoms with van der Waals surface area (Å²) in [7, 11) is 0. The molecule has 3 N–H and O–H groups in total. The van der Waals surface area contributed by atoms with Gasteiger partial charge >= 0.3 is 0 Å². The van der Waals surface area contributed by atoms with E-state index < -0.39 is 11.6 Å². The zero-order valence-electron chi connectivity index (χ0n) is 21.4. The number of H-pyrrole nitrogens is 1. The van der Waals surface area contributed by atoms with E-state index >= 15 is 0 Å². The molecule has 41 heavy (non-hydrogen) atoms. The van der Waals surface area contributed by atoms with Gasteiger partial charge in [0.2, 0.25) is 11.6 Å². The van der Waals surface area contributed by atoms with Crippen LogP contribution in [0.5, 0.6) is 11.5 Å². The van der Waals surface area contributed by atoms with Crippen LogP contribution in [0.25, 0.3) is 16.6 Å². The van der Waals surface area contributed by atoms with Gasteiger partial charge in [-0.05, 0) is 77.2 Å². The highest BCUT2D eigenvalue weighted by Gasteiger charge is 2.22. The number of ketones is 1. The summed E-state index contributed by atoms with van der Waals surface area (Å²) in [5.41, 5.74) is 8.67. The Labute approximate surface area is 246 Å². The van der Waals surface area contributed by atoms with E-state index in [9.17, 15) is 18.4 Å². The first-order chi connectivity index (χ1) is 19.8. The maximum atomic E-state index is 14.0. The number of rotatable bonds is 6. The number of fused-ring (bicyclic) bond motifs is 1. The minimum Gasteiger partial charge on any atom is -0.454 e. The normalized spacial score (nSPS) is 13.5. The molecule has 208 valence electrons. The Morgan fingerprint density at radius 3 is 2.63 bits per heavy atom. The third-order valence-electron chi connectivity index (χ3n) is 6.75. The highest BCUT2D eigenvalue weighted by Crippen LogP contribution is 2.31. The molecule has 6 rings (SSSR count). The Hall–Kier alpha value is -4.30. The predicted molar refractivity (Wildman–Crippen MR) is 156 cm³/mol. The van der Waals surface area contributed by atoms with E-state index in [1.165, 1.54) is 23.0 Å². The summed E-state index contributed by atoms with van der Waals surface area (Å²) in [6.07, 6.45) is 1.39. The van der Waals surface area contributed by atoms with Gasteiger partial charge < -0.3 is 25.1 Å². The summed E-state index contributed by atoms with van der Waals surface area (Å²) in [4.78, 5) is 31.1. The summed E-state index contributed by atoms with van der Waals surface area (Å²) in [6, 6.07) is 15.5. The molecule has 3 aromatic carbocycles. The number of amides is 1. The fraction of sp³-hybridized carbons (Fsp3) is 0.138. The quantitative estimate of drug-likeness (QED) is 0.187. The van der Waals surface area contributed by atoms with Gasteiger partial charge in [-0.1, -0.05) is 6.07 Å². The van der Waals surface area contributed by atoms with Crippen LogP contribution in [-0.2, 0) is 4.74 Å². The van der Waals surface area contributed by atoms with Crippen LogP contribution in [0.1, 0.15) is 26.4 Å². The standard InChI is InChI=1S/C29H22F2IN5O4/c30-20-2-1-3-25(26(20)31)41-18-5-7-24(21(32)14-18)37-28(33)19(15-34-37)27(38)23-13-17-12-16(4-6-22(17)35-23)29(39)36-8-10-40-11-9-36/h1-7,12-15,35H,8-11,33H2. The minimum atomic E-state index is -1.08. The molecule has 0 bridgehead atoms. The maximum absolute atomic E-state index is 14.0. The van der Waals surface area contributed by atoms with Gasteiger partial charge in [-0.3, -0.25) is 9.59 Å². The number of aromatic amines is 1. The number of carbonyl (C=O) groups is 2. The Morgan fingerprint density at radius 2 is 1.85 bits per heavy atom. The molecular formula is C29H22F2IN5O4. The van der Waals surface area contributed by atoms with Crippen molar-refractivity contribution in [2.45, 2.75) is 0 Å². The molecule has 0 saturated carbocycles. The van der Waals surface area contributed by atoms with Crippen molar-refractivity contribution < 1.29 is 27.8 Å². The van der Waals surface area contributed by atoms with Gasteiger partial charge in [0.15, 0.2) is 11.6 Å². The first-order valence-electron chi connectivity index (χ1n) is 12.6. The lowest BCUT2D eigenvalue weighted by molar-refractivity contribution is 0.0303. The van der Waals surface area contributed by atoms with Crippen molar-refractivity contribution in [1.29, 1.82) is 0 Å². The molecular weight excluding hydrogens is 647 g/mol. The van der Waals surface area contributed by atoms with E-state index in [1.807, 2.05) is 22.6 Å². The molecule has 1 fully saturated rings. The van der Waals surface area contributed by atoms with Crippen molar-refractivity contribution in [3.05, 3.63) is 98.9 Å². The van der Waals surface area contributed by atoms with Crippen molar-refractivity contribution in [2.24, 2.45) is 0 Å². The number of benzene rings is 3. The van der Waals surface area contributed by atoms with Crippen LogP contribution >= 0.6 is 22.6 Å². The molecule has 1 aliphatic rings. The van der Waals surface area contributed by atoms with Crippen molar-refractivity contribution in [1.82, 2.24) is 19.7 Å². The first kappa shape index (κ1) is 26.9. The number of nitrogens with two attached hydrogens (primary N) is 1. The fourth-order valence-corrected chi connectivity index (χ4v) is 5.33. The summed E-state index contributed by atoms with van der Waals surface area (Å²) in [6.45, 7) is 2.10. The molecule has 1 saturated heterocycles. The Bertz CT molecular complexity index is 1810. The summed E-state index contributed by atoms with van der Waals surface area (Å²) >= 11 is 2.04. The van der Waals surface area contributed by atoms with E-state index in [4.69, 9.17) is 15.2 Å². The lowest BCUT2D eigenvalue weighted by atomic mass is 10.1. The van der Waals surface area contributed by atoms with E-state index in [2.05, 4.69) is 10.1 Å². The number of aromatic nitrogens is 3. The average Bonchev–Trinajstić information content (AvgIpc) is 3.58. The first-order valence-corrected chi connectivity index (χ1v) is 13.7. The molecule has 1 amide bonds. The van der Waals surface area contributed by atoms with Crippen molar-refractivity contribution in [2.75, 3.05) is 32.0 Å². The number of carbonyl (C=O) groups excluding carboxylic acids is 2. The minimum absolute atomic E-state index is 0.0816. The monoisotopic (exact) mass is 669 g/mol. The molecule has 1 aliphatic heterocycles. The zero-order chi connectivity index (χ0) is 28.7. The number of ether oxygens (including phenoxy) is 2. The number of morpholine rings is 1. The van der Waals surface area contributed by atoms with Crippen LogP contribution in [0.15, 0.2) is 66.9 Å². The van der Waals surface area contributed by atoms with Crippen LogP contribution in [0.4, 0.5) is 14.6 Å². The Balaban J connectivity index is 1.23. The number of halogens is 3. The number of hydrogen-bond donors (Lipinski definition) is 2. The summed E-state index contributed by atoms with van der Waals surface area (Å²) in [5, 5.41) is 5.04. The predicted octanol–water partition coefficient (Wildman–Crippen LogP) is 5.31. The van der Waals surface area contributed by atoms with Gasteiger partial charge in [0.05, 0.1) is 36.4 Å². The molecule has 0 unspecified atom stereocenters. The lowest BCUT2D eigenvalue weighted by Gasteiger charge is -2.26. The van der Waals surface area contributed by atoms with Crippen LogP contribution in [0.2, 0.25) is 0 Å². The van der Waals surface area contributed by atoms with Gasteiger partial charge in [0.1, 0.15) is 11.6 Å². The maximum Gasteiger partial charge on any atom is 0.254 e. The molecule has 0 spiro atoms. The lowest BCUT2D eigenvalue weighted by Crippen LogP contribution is -2.40. The van der Waals surface area contributed by atoms with E-state index in [0.29, 0.717) is 52.3 Å². The molecule has 0 radical (unpaired) electrons. The molecule has 12 heteroatoms. The second-order valence-electron chi connectivity index (χ2n) is 9.34. The second-order valence-corrected chi connectivity index (χ2v) is 10.5. The second kappa shape index (κ2) is 10.9. The van der Waals surface area contributed by atoms with E-state index in [0.717, 1.165) is 11.5 Å². The molecule has 5 aromatic rings. The van der Waals surface area contributed by atoms with Crippen molar-refractivity contribution >= 4 is 51.0 Å². The van der Waals surface area contributed by atoms with Gasteiger partial charge in [0.25, 0.3) is 5.91 Å². The Morgan fingerprint density at radius 1 is 1.05 bits per heavy atom. The van der Waals surface area contributed by atoms with Gasteiger partial charge in [0, 0.05) is 33.1 Å². The molecule has 2 aromatic heterocycles. The molecule has 3 heterocycles. The van der Waals surface area contributed by atoms with Crippen molar-refractivity contribution in [3.8, 4) is 17.2 Å². The summed E-state index contributed by atoms with van der Waals surface area (Å²) in [5.74, 6) is -2.36. The number of nitrogens with zero attached hydrogens (tertiary/aromatic N) is 3. The van der Waals surface area contributed by atoms with Crippen LogP contribution in [0.3, 0.4) is 0 Å². The molecule has 0 atom stereocenters. The fourth-order valence-electron chi connectivity index (χ4n) is 4.62. The van der Waals surface area contributed by atoms with E-state index in [1.54, 1.807) is 47.4 Å². The SMILES string of the molecule is Nc1c(C(=O)c2cc3cc(C(=O)N4CCOCC4)ccc3[nH]2)cnn1-c1ccc(Oc2cccc(F)c2F)cc1I. The number of hydrogen-bond acceptors (Lipinski definition) is 6. The number of anilines is 1. The van der Waals surface area contributed by atoms with Crippen LogP contribution in [0, 0.1) is 15.2 Å². The van der Waals surface area contributed by atoms with E-state index in [-0.39, 0.29) is 34.6 Å². The average molecular weight is 669 g/mol. The third kappa shape index (κ3) is 5.15. The van der Waals surface area contributed by atoms with Crippen LogP contribution in [-0.4, -0.2) is 57.7 Å². The smallest absolute Gasteiger partial charge is 0.254 e. The topological polar surface area (TPSA) is 115 Å². The number of nitrogens with one attached hydrogen (secondary N) is 1.